The molecular weight excluding hydrogens is 218 g/mol. The first-order valence-corrected chi connectivity index (χ1v) is 5.99. The molecule has 94 valence electrons. The molecule has 0 radical (unpaired) electrons. The molecule has 0 bridgehead atoms. The van der Waals surface area contributed by atoms with Crippen LogP contribution < -0.4 is 0 Å². The van der Waals surface area contributed by atoms with E-state index in [9.17, 15) is 9.59 Å². The molecule has 1 N–H and O–H groups in total. The fraction of sp³-hybridized carbons (Fsp3) is 0.538. The Balaban J connectivity index is 3.37. The minimum atomic E-state index is -0.953. The van der Waals surface area contributed by atoms with Gasteiger partial charge in [-0.1, -0.05) is 20.3 Å². The number of hydrogen-bond donors (Lipinski definition) is 1. The molecule has 1 aromatic heterocycles. The summed E-state index contributed by atoms with van der Waals surface area (Å²) in [4.78, 5) is 22.7. The van der Waals surface area contributed by atoms with E-state index in [1.54, 1.807) is 0 Å². The van der Waals surface area contributed by atoms with Crippen molar-refractivity contribution in [2.75, 3.05) is 0 Å². The third-order valence-electron chi connectivity index (χ3n) is 2.73. The Kier molecular flexibility index (Phi) is 4.49. The second-order valence-electron chi connectivity index (χ2n) is 4.15. The van der Waals surface area contributed by atoms with Crippen molar-refractivity contribution in [3.05, 3.63) is 23.0 Å². The lowest BCUT2D eigenvalue weighted by atomic mass is 10.1. The SMILES string of the molecule is CCCc1c(C(=O)O)cc(C(C)=O)n1CCC. The number of hydrogen-bond acceptors (Lipinski definition) is 2. The van der Waals surface area contributed by atoms with Crippen molar-refractivity contribution in [1.29, 1.82) is 0 Å². The van der Waals surface area contributed by atoms with Crippen LogP contribution in [-0.2, 0) is 13.0 Å². The van der Waals surface area contributed by atoms with Gasteiger partial charge < -0.3 is 9.67 Å². The lowest BCUT2D eigenvalue weighted by Crippen LogP contribution is -2.11. The van der Waals surface area contributed by atoms with Crippen LogP contribution in [0.2, 0.25) is 0 Å². The normalized spacial score (nSPS) is 10.5. The molecule has 1 rings (SSSR count). The third kappa shape index (κ3) is 2.75. The molecule has 0 aliphatic heterocycles. The highest BCUT2D eigenvalue weighted by Crippen LogP contribution is 2.19. The summed E-state index contributed by atoms with van der Waals surface area (Å²) in [5, 5.41) is 9.16. The number of aromatic carboxylic acids is 1. The topological polar surface area (TPSA) is 59.3 Å². The standard InChI is InChI=1S/C13H19NO3/c1-4-6-11-10(13(16)17)8-12(9(3)15)14(11)7-5-2/h8H,4-7H2,1-3H3,(H,16,17). The van der Waals surface area contributed by atoms with Crippen LogP contribution in [0.3, 0.4) is 0 Å². The van der Waals surface area contributed by atoms with E-state index in [-0.39, 0.29) is 11.3 Å². The largest absolute Gasteiger partial charge is 0.478 e. The zero-order valence-electron chi connectivity index (χ0n) is 10.6. The monoisotopic (exact) mass is 237 g/mol. The third-order valence-corrected chi connectivity index (χ3v) is 2.73. The number of aromatic nitrogens is 1. The molecule has 0 saturated carbocycles. The first kappa shape index (κ1) is 13.5. The van der Waals surface area contributed by atoms with Crippen molar-refractivity contribution >= 4 is 11.8 Å². The molecule has 4 heteroatoms. The molecule has 4 nitrogen and oxygen atoms in total. The summed E-state index contributed by atoms with van der Waals surface area (Å²) in [7, 11) is 0. The molecule has 0 amide bonds. The van der Waals surface area contributed by atoms with Crippen LogP contribution in [0.25, 0.3) is 0 Å². The predicted molar refractivity (Wildman–Crippen MR) is 65.7 cm³/mol. The molecule has 17 heavy (non-hydrogen) atoms. The number of ketones is 1. The van der Waals surface area contributed by atoms with Gasteiger partial charge in [-0.05, 0) is 18.9 Å². The van der Waals surface area contributed by atoms with Crippen LogP contribution in [0.1, 0.15) is 60.2 Å². The highest BCUT2D eigenvalue weighted by molar-refractivity contribution is 5.97. The van der Waals surface area contributed by atoms with E-state index in [0.29, 0.717) is 18.7 Å². The molecular formula is C13H19NO3. The number of carbonyl (C=O) groups is 2. The Morgan fingerprint density at radius 1 is 1.29 bits per heavy atom. The Morgan fingerprint density at radius 3 is 2.35 bits per heavy atom. The highest BCUT2D eigenvalue weighted by Gasteiger charge is 2.20. The second kappa shape index (κ2) is 5.66. The average molecular weight is 237 g/mol. The van der Waals surface area contributed by atoms with Crippen molar-refractivity contribution < 1.29 is 14.7 Å². The predicted octanol–water partition coefficient (Wildman–Crippen LogP) is 2.75. The van der Waals surface area contributed by atoms with Gasteiger partial charge in [0.05, 0.1) is 11.3 Å². The van der Waals surface area contributed by atoms with Gasteiger partial charge in [-0.3, -0.25) is 4.79 Å². The highest BCUT2D eigenvalue weighted by atomic mass is 16.4. The van der Waals surface area contributed by atoms with Crippen molar-refractivity contribution in [2.24, 2.45) is 0 Å². The van der Waals surface area contributed by atoms with E-state index >= 15 is 0 Å². The summed E-state index contributed by atoms with van der Waals surface area (Å²) < 4.78 is 1.86. The van der Waals surface area contributed by atoms with Gasteiger partial charge >= 0.3 is 5.97 Å². The van der Waals surface area contributed by atoms with E-state index in [2.05, 4.69) is 0 Å². The molecule has 0 fully saturated rings. The van der Waals surface area contributed by atoms with Crippen molar-refractivity contribution in [1.82, 2.24) is 4.57 Å². The summed E-state index contributed by atoms with van der Waals surface area (Å²) in [6.07, 6.45) is 2.44. The molecule has 0 saturated heterocycles. The van der Waals surface area contributed by atoms with Gasteiger partial charge in [-0.25, -0.2) is 4.79 Å². The maximum atomic E-state index is 11.5. The number of carbonyl (C=O) groups excluding carboxylic acids is 1. The van der Waals surface area contributed by atoms with E-state index in [1.807, 2.05) is 18.4 Å². The van der Waals surface area contributed by atoms with E-state index in [4.69, 9.17) is 5.11 Å². The lowest BCUT2D eigenvalue weighted by molar-refractivity contribution is 0.0695. The molecule has 0 atom stereocenters. The number of Topliss-reactive ketones (excluding diaryl/α,β-unsaturated/α-hetero) is 1. The van der Waals surface area contributed by atoms with E-state index < -0.39 is 5.97 Å². The molecule has 0 aliphatic rings. The first-order chi connectivity index (χ1) is 8.02. The van der Waals surface area contributed by atoms with Crippen LogP contribution in [-0.4, -0.2) is 21.4 Å². The number of rotatable bonds is 6. The summed E-state index contributed by atoms with van der Waals surface area (Å²) in [5.41, 5.74) is 1.55. The Labute approximate surface area is 101 Å². The summed E-state index contributed by atoms with van der Waals surface area (Å²) >= 11 is 0. The van der Waals surface area contributed by atoms with Gasteiger partial charge in [-0.2, -0.15) is 0 Å². The Morgan fingerprint density at radius 2 is 1.94 bits per heavy atom. The Hall–Kier alpha value is -1.58. The summed E-state index contributed by atoms with van der Waals surface area (Å²) in [6.45, 7) is 6.18. The van der Waals surface area contributed by atoms with Crippen molar-refractivity contribution in [2.45, 2.75) is 46.6 Å². The van der Waals surface area contributed by atoms with Gasteiger partial charge in [0.15, 0.2) is 5.78 Å². The fourth-order valence-electron chi connectivity index (χ4n) is 2.05. The molecule has 1 heterocycles. The van der Waals surface area contributed by atoms with Crippen LogP contribution >= 0.6 is 0 Å². The maximum absolute atomic E-state index is 11.5. The van der Waals surface area contributed by atoms with Gasteiger partial charge in [0.25, 0.3) is 0 Å². The average Bonchev–Trinajstić information content (AvgIpc) is 2.59. The van der Waals surface area contributed by atoms with Gasteiger partial charge in [0.1, 0.15) is 0 Å². The maximum Gasteiger partial charge on any atom is 0.337 e. The molecule has 0 aromatic carbocycles. The van der Waals surface area contributed by atoms with Crippen molar-refractivity contribution in [3.8, 4) is 0 Å². The number of carboxylic acid groups (broad SMARTS) is 1. The van der Waals surface area contributed by atoms with E-state index in [0.717, 1.165) is 18.5 Å². The fourth-order valence-corrected chi connectivity index (χ4v) is 2.05. The Bertz CT molecular complexity index is 394. The van der Waals surface area contributed by atoms with Gasteiger partial charge in [0.2, 0.25) is 0 Å². The quantitative estimate of drug-likeness (QED) is 0.774. The number of carboxylic acids is 1. The minimum Gasteiger partial charge on any atom is -0.478 e. The van der Waals surface area contributed by atoms with Crippen molar-refractivity contribution in [3.63, 3.8) is 0 Å². The van der Waals surface area contributed by atoms with Crippen LogP contribution in [0, 0.1) is 0 Å². The lowest BCUT2D eigenvalue weighted by Gasteiger charge is -2.10. The molecule has 0 spiro atoms. The van der Waals surface area contributed by atoms with Crippen LogP contribution in [0.5, 0.6) is 0 Å². The van der Waals surface area contributed by atoms with Crippen LogP contribution in [0.15, 0.2) is 6.07 Å². The number of nitrogens with zero attached hydrogens (tertiary/aromatic N) is 1. The molecule has 1 aromatic rings. The van der Waals surface area contributed by atoms with E-state index in [1.165, 1.54) is 13.0 Å². The zero-order valence-corrected chi connectivity index (χ0v) is 10.6. The molecule has 0 aliphatic carbocycles. The summed E-state index contributed by atoms with van der Waals surface area (Å²) in [6, 6.07) is 1.51. The minimum absolute atomic E-state index is 0.0803. The smallest absolute Gasteiger partial charge is 0.337 e. The first-order valence-electron chi connectivity index (χ1n) is 5.99. The second-order valence-corrected chi connectivity index (χ2v) is 4.15. The zero-order chi connectivity index (χ0) is 13.0. The van der Waals surface area contributed by atoms with Crippen LogP contribution in [0.4, 0.5) is 0 Å². The van der Waals surface area contributed by atoms with Gasteiger partial charge in [0, 0.05) is 19.2 Å². The molecule has 0 unspecified atom stereocenters. The van der Waals surface area contributed by atoms with Gasteiger partial charge in [-0.15, -0.1) is 0 Å². The summed E-state index contributed by atoms with van der Waals surface area (Å²) in [5.74, 6) is -1.03.